The van der Waals surface area contributed by atoms with Gasteiger partial charge in [-0.3, -0.25) is 9.89 Å². The van der Waals surface area contributed by atoms with E-state index < -0.39 is 0 Å². The molecule has 0 aromatic carbocycles. The molecule has 1 saturated carbocycles. The Morgan fingerprint density at radius 2 is 2.12 bits per heavy atom. The smallest absolute Gasteiger partial charge is 0.188 e. The van der Waals surface area contributed by atoms with Crippen molar-refractivity contribution >= 4 is 29.9 Å². The van der Waals surface area contributed by atoms with Gasteiger partial charge in [-0.2, -0.15) is 0 Å². The van der Waals surface area contributed by atoms with Crippen LogP contribution in [0.3, 0.4) is 0 Å². The SMILES string of the molecule is CCN(CCN=C(N)NC(C)C)C1CC1.I. The van der Waals surface area contributed by atoms with Crippen molar-refractivity contribution in [1.82, 2.24) is 10.2 Å². The van der Waals surface area contributed by atoms with Crippen LogP contribution < -0.4 is 11.1 Å². The average molecular weight is 340 g/mol. The summed E-state index contributed by atoms with van der Waals surface area (Å²) in [6, 6.07) is 1.18. The summed E-state index contributed by atoms with van der Waals surface area (Å²) in [4.78, 5) is 6.78. The van der Waals surface area contributed by atoms with Crippen LogP contribution in [-0.2, 0) is 0 Å². The zero-order chi connectivity index (χ0) is 11.3. The highest BCUT2D eigenvalue weighted by Crippen LogP contribution is 2.25. The Morgan fingerprint density at radius 1 is 1.50 bits per heavy atom. The van der Waals surface area contributed by atoms with E-state index in [9.17, 15) is 0 Å². The van der Waals surface area contributed by atoms with E-state index in [0.29, 0.717) is 12.0 Å². The van der Waals surface area contributed by atoms with E-state index in [2.05, 4.69) is 36.0 Å². The van der Waals surface area contributed by atoms with Crippen molar-refractivity contribution in [3.05, 3.63) is 0 Å². The van der Waals surface area contributed by atoms with E-state index in [4.69, 9.17) is 5.73 Å². The highest BCUT2D eigenvalue weighted by molar-refractivity contribution is 14.0. The normalized spacial score (nSPS) is 16.4. The predicted molar refractivity (Wildman–Crippen MR) is 80.4 cm³/mol. The van der Waals surface area contributed by atoms with Gasteiger partial charge in [0.25, 0.3) is 0 Å². The molecule has 0 aromatic rings. The van der Waals surface area contributed by atoms with Gasteiger partial charge in [0.2, 0.25) is 0 Å². The number of aliphatic imine (C=N–C) groups is 1. The number of nitrogens with one attached hydrogen (secondary N) is 1. The zero-order valence-electron chi connectivity index (χ0n) is 10.6. The second-order valence-corrected chi connectivity index (χ2v) is 4.43. The fourth-order valence-electron chi connectivity index (χ4n) is 1.68. The number of halogens is 1. The third-order valence-electron chi connectivity index (χ3n) is 2.58. The molecule has 16 heavy (non-hydrogen) atoms. The van der Waals surface area contributed by atoms with Crippen molar-refractivity contribution in [2.24, 2.45) is 10.7 Å². The highest BCUT2D eigenvalue weighted by atomic mass is 127. The van der Waals surface area contributed by atoms with E-state index in [1.165, 1.54) is 12.8 Å². The summed E-state index contributed by atoms with van der Waals surface area (Å²) in [6.45, 7) is 9.28. The summed E-state index contributed by atoms with van der Waals surface area (Å²) in [5, 5.41) is 3.09. The standard InChI is InChI=1S/C11H24N4.HI/c1-4-15(10-5-6-10)8-7-13-11(12)14-9(2)3;/h9-10H,4-8H2,1-3H3,(H3,12,13,14);1H. The van der Waals surface area contributed by atoms with Crippen molar-refractivity contribution in [1.29, 1.82) is 0 Å². The predicted octanol–water partition coefficient (Wildman–Crippen LogP) is 1.40. The molecule has 4 nitrogen and oxygen atoms in total. The number of nitrogens with two attached hydrogens (primary N) is 1. The van der Waals surface area contributed by atoms with Gasteiger partial charge >= 0.3 is 0 Å². The molecule has 0 heterocycles. The van der Waals surface area contributed by atoms with Crippen LogP contribution in [0.15, 0.2) is 4.99 Å². The lowest BCUT2D eigenvalue weighted by atomic mass is 10.4. The van der Waals surface area contributed by atoms with Gasteiger partial charge in [-0.15, -0.1) is 24.0 Å². The molecule has 0 spiro atoms. The van der Waals surface area contributed by atoms with Crippen LogP contribution in [0.2, 0.25) is 0 Å². The first-order chi connectivity index (χ1) is 7.13. The van der Waals surface area contributed by atoms with E-state index in [-0.39, 0.29) is 24.0 Å². The molecule has 0 aliphatic heterocycles. The van der Waals surface area contributed by atoms with Crippen LogP contribution in [-0.4, -0.2) is 42.6 Å². The first-order valence-corrected chi connectivity index (χ1v) is 5.94. The van der Waals surface area contributed by atoms with Crippen LogP contribution >= 0.6 is 24.0 Å². The van der Waals surface area contributed by atoms with Gasteiger partial charge < -0.3 is 11.1 Å². The van der Waals surface area contributed by atoms with Crippen molar-refractivity contribution in [2.75, 3.05) is 19.6 Å². The number of hydrogen-bond acceptors (Lipinski definition) is 2. The Labute approximate surface area is 116 Å². The molecule has 0 aromatic heterocycles. The van der Waals surface area contributed by atoms with E-state index in [1.54, 1.807) is 0 Å². The van der Waals surface area contributed by atoms with Crippen LogP contribution in [0.25, 0.3) is 0 Å². The molecule has 96 valence electrons. The lowest BCUT2D eigenvalue weighted by Gasteiger charge is -2.18. The minimum atomic E-state index is 0. The van der Waals surface area contributed by atoms with E-state index >= 15 is 0 Å². The average Bonchev–Trinajstić information content (AvgIpc) is 2.94. The molecule has 1 aliphatic rings. The van der Waals surface area contributed by atoms with Crippen LogP contribution in [0.1, 0.15) is 33.6 Å². The third kappa shape index (κ3) is 6.52. The van der Waals surface area contributed by atoms with Gasteiger partial charge in [0.1, 0.15) is 0 Å². The largest absolute Gasteiger partial charge is 0.370 e. The maximum Gasteiger partial charge on any atom is 0.188 e. The van der Waals surface area contributed by atoms with Crippen molar-refractivity contribution in [3.8, 4) is 0 Å². The second-order valence-electron chi connectivity index (χ2n) is 4.43. The van der Waals surface area contributed by atoms with E-state index in [0.717, 1.165) is 25.7 Å². The molecule has 1 rings (SSSR count). The van der Waals surface area contributed by atoms with Crippen molar-refractivity contribution < 1.29 is 0 Å². The van der Waals surface area contributed by atoms with Gasteiger partial charge in [0, 0.05) is 18.6 Å². The molecule has 0 unspecified atom stereocenters. The number of guanidine groups is 1. The number of hydrogen-bond donors (Lipinski definition) is 2. The highest BCUT2D eigenvalue weighted by Gasteiger charge is 2.26. The number of nitrogens with zero attached hydrogens (tertiary/aromatic N) is 2. The number of likely N-dealkylation sites (N-methyl/N-ethyl adjacent to an activating group) is 1. The molecule has 1 aliphatic carbocycles. The molecule has 1 fully saturated rings. The monoisotopic (exact) mass is 340 g/mol. The van der Waals surface area contributed by atoms with Crippen molar-refractivity contribution in [2.45, 2.75) is 45.7 Å². The summed E-state index contributed by atoms with van der Waals surface area (Å²) < 4.78 is 0. The fourth-order valence-corrected chi connectivity index (χ4v) is 1.68. The Balaban J connectivity index is 0.00000225. The maximum absolute atomic E-state index is 5.71. The van der Waals surface area contributed by atoms with Gasteiger partial charge in [0.15, 0.2) is 5.96 Å². The van der Waals surface area contributed by atoms with Crippen LogP contribution in [0, 0.1) is 0 Å². The molecule has 0 radical (unpaired) electrons. The fraction of sp³-hybridized carbons (Fsp3) is 0.909. The molecular weight excluding hydrogens is 315 g/mol. The molecule has 0 atom stereocenters. The minimum absolute atomic E-state index is 0. The summed E-state index contributed by atoms with van der Waals surface area (Å²) in [6.07, 6.45) is 2.72. The summed E-state index contributed by atoms with van der Waals surface area (Å²) in [5.41, 5.74) is 5.71. The Kier molecular flexibility index (Phi) is 8.09. The first-order valence-electron chi connectivity index (χ1n) is 5.94. The van der Waals surface area contributed by atoms with Gasteiger partial charge in [-0.05, 0) is 33.2 Å². The Morgan fingerprint density at radius 3 is 2.56 bits per heavy atom. The molecule has 0 bridgehead atoms. The molecular formula is C11H25IN4. The maximum atomic E-state index is 5.71. The summed E-state index contributed by atoms with van der Waals surface area (Å²) in [5.74, 6) is 0.567. The zero-order valence-corrected chi connectivity index (χ0v) is 12.9. The summed E-state index contributed by atoms with van der Waals surface area (Å²) >= 11 is 0. The Hall–Kier alpha value is -0.0400. The van der Waals surface area contributed by atoms with Crippen molar-refractivity contribution in [3.63, 3.8) is 0 Å². The lowest BCUT2D eigenvalue weighted by molar-refractivity contribution is 0.286. The van der Waals surface area contributed by atoms with Gasteiger partial charge in [-0.25, -0.2) is 0 Å². The topological polar surface area (TPSA) is 53.6 Å². The Bertz CT molecular complexity index is 214. The molecule has 3 N–H and O–H groups in total. The number of rotatable bonds is 6. The second kappa shape index (κ2) is 8.11. The van der Waals surface area contributed by atoms with Crippen LogP contribution in [0.4, 0.5) is 0 Å². The van der Waals surface area contributed by atoms with Crippen LogP contribution in [0.5, 0.6) is 0 Å². The van der Waals surface area contributed by atoms with Gasteiger partial charge in [0.05, 0.1) is 6.54 Å². The van der Waals surface area contributed by atoms with E-state index in [1.807, 2.05) is 0 Å². The summed E-state index contributed by atoms with van der Waals surface area (Å²) in [7, 11) is 0. The molecule has 5 heteroatoms. The molecule has 0 amide bonds. The van der Waals surface area contributed by atoms with Gasteiger partial charge in [-0.1, -0.05) is 6.92 Å². The quantitative estimate of drug-likeness (QED) is 0.437. The minimum Gasteiger partial charge on any atom is -0.370 e. The molecule has 0 saturated heterocycles. The first kappa shape index (κ1) is 16.0. The lowest BCUT2D eigenvalue weighted by Crippen LogP contribution is -2.37. The third-order valence-corrected chi connectivity index (χ3v) is 2.58.